The Bertz CT molecular complexity index is 578. The molecule has 1 aliphatic heterocycles. The SMILES string of the molecule is Cn1c(CCO)cnc1-c1ccc2c(c1)OCO2. The first kappa shape index (κ1) is 11.1. The molecule has 1 aromatic carbocycles. The Labute approximate surface area is 105 Å². The van der Waals surface area contributed by atoms with Gasteiger partial charge in [0.1, 0.15) is 5.82 Å². The Morgan fingerprint density at radius 1 is 1.33 bits per heavy atom. The first-order valence-corrected chi connectivity index (χ1v) is 5.81. The molecule has 0 spiro atoms. The molecule has 1 aliphatic rings. The molecular formula is C13H14N2O3. The summed E-state index contributed by atoms with van der Waals surface area (Å²) in [6, 6.07) is 5.77. The molecule has 5 nitrogen and oxygen atoms in total. The van der Waals surface area contributed by atoms with Gasteiger partial charge in [0.2, 0.25) is 6.79 Å². The quantitative estimate of drug-likeness (QED) is 0.888. The molecule has 0 atom stereocenters. The number of aromatic nitrogens is 2. The normalized spacial score (nSPS) is 13.0. The van der Waals surface area contributed by atoms with Crippen LogP contribution >= 0.6 is 0 Å². The lowest BCUT2D eigenvalue weighted by Gasteiger charge is -2.06. The van der Waals surface area contributed by atoms with Crippen LogP contribution in [0.4, 0.5) is 0 Å². The minimum Gasteiger partial charge on any atom is -0.454 e. The number of ether oxygens (including phenoxy) is 2. The molecule has 0 unspecified atom stereocenters. The number of hydrogen-bond donors (Lipinski definition) is 1. The van der Waals surface area contributed by atoms with Gasteiger partial charge in [0.15, 0.2) is 11.5 Å². The molecule has 18 heavy (non-hydrogen) atoms. The van der Waals surface area contributed by atoms with Gasteiger partial charge in [0.05, 0.1) is 0 Å². The van der Waals surface area contributed by atoms with Crippen molar-refractivity contribution in [1.82, 2.24) is 9.55 Å². The van der Waals surface area contributed by atoms with E-state index in [-0.39, 0.29) is 13.4 Å². The van der Waals surface area contributed by atoms with Crippen LogP contribution in [0.5, 0.6) is 11.5 Å². The van der Waals surface area contributed by atoms with E-state index in [1.165, 1.54) is 0 Å². The van der Waals surface area contributed by atoms with E-state index in [1.54, 1.807) is 6.20 Å². The van der Waals surface area contributed by atoms with E-state index < -0.39 is 0 Å². The van der Waals surface area contributed by atoms with Gasteiger partial charge in [-0.25, -0.2) is 4.98 Å². The van der Waals surface area contributed by atoms with Gasteiger partial charge in [-0.05, 0) is 18.2 Å². The average Bonchev–Trinajstić information content (AvgIpc) is 2.97. The lowest BCUT2D eigenvalue weighted by molar-refractivity contribution is 0.174. The van der Waals surface area contributed by atoms with Crippen LogP contribution in [0.2, 0.25) is 0 Å². The van der Waals surface area contributed by atoms with E-state index >= 15 is 0 Å². The van der Waals surface area contributed by atoms with E-state index in [0.29, 0.717) is 6.42 Å². The summed E-state index contributed by atoms with van der Waals surface area (Å²) in [6.07, 6.45) is 2.39. The van der Waals surface area contributed by atoms with Gasteiger partial charge >= 0.3 is 0 Å². The minimum absolute atomic E-state index is 0.125. The van der Waals surface area contributed by atoms with Crippen LogP contribution in [-0.4, -0.2) is 28.1 Å². The third kappa shape index (κ3) is 1.73. The maximum absolute atomic E-state index is 8.97. The van der Waals surface area contributed by atoms with E-state index in [9.17, 15) is 0 Å². The fourth-order valence-electron chi connectivity index (χ4n) is 2.10. The highest BCUT2D eigenvalue weighted by molar-refractivity contribution is 5.62. The van der Waals surface area contributed by atoms with Crippen molar-refractivity contribution in [2.45, 2.75) is 6.42 Å². The predicted octanol–water partition coefficient (Wildman–Crippen LogP) is 1.35. The van der Waals surface area contributed by atoms with Gasteiger partial charge in [0.25, 0.3) is 0 Å². The maximum Gasteiger partial charge on any atom is 0.231 e. The average molecular weight is 246 g/mol. The Kier molecular flexibility index (Phi) is 2.68. The van der Waals surface area contributed by atoms with Crippen molar-refractivity contribution in [3.05, 3.63) is 30.1 Å². The van der Waals surface area contributed by atoms with Gasteiger partial charge in [0, 0.05) is 37.5 Å². The molecule has 0 aliphatic carbocycles. The number of aliphatic hydroxyl groups is 1. The van der Waals surface area contributed by atoms with Crippen molar-refractivity contribution in [2.75, 3.05) is 13.4 Å². The van der Waals surface area contributed by atoms with Crippen molar-refractivity contribution < 1.29 is 14.6 Å². The fourth-order valence-corrected chi connectivity index (χ4v) is 2.10. The molecule has 0 radical (unpaired) electrons. The van der Waals surface area contributed by atoms with Gasteiger partial charge in [-0.1, -0.05) is 0 Å². The van der Waals surface area contributed by atoms with Gasteiger partial charge < -0.3 is 19.1 Å². The topological polar surface area (TPSA) is 56.5 Å². The number of benzene rings is 1. The highest BCUT2D eigenvalue weighted by Crippen LogP contribution is 2.35. The van der Waals surface area contributed by atoms with Crippen molar-refractivity contribution in [2.24, 2.45) is 7.05 Å². The molecule has 1 N–H and O–H groups in total. The maximum atomic E-state index is 8.97. The third-order valence-corrected chi connectivity index (χ3v) is 3.08. The monoisotopic (exact) mass is 246 g/mol. The molecule has 0 saturated carbocycles. The van der Waals surface area contributed by atoms with Crippen molar-refractivity contribution in [3.63, 3.8) is 0 Å². The van der Waals surface area contributed by atoms with Crippen LogP contribution in [0.25, 0.3) is 11.4 Å². The molecule has 0 amide bonds. The summed E-state index contributed by atoms with van der Waals surface area (Å²) in [5.41, 5.74) is 1.98. The number of aliphatic hydroxyl groups excluding tert-OH is 1. The van der Waals surface area contributed by atoms with Gasteiger partial charge in [-0.3, -0.25) is 0 Å². The molecule has 2 aromatic rings. The highest BCUT2D eigenvalue weighted by atomic mass is 16.7. The number of nitrogens with zero attached hydrogens (tertiary/aromatic N) is 2. The molecule has 94 valence electrons. The van der Waals surface area contributed by atoms with Gasteiger partial charge in [-0.2, -0.15) is 0 Å². The standard InChI is InChI=1S/C13H14N2O3/c1-15-10(4-5-16)7-14-13(15)9-2-3-11-12(6-9)18-8-17-11/h2-3,6-7,16H,4-5,8H2,1H3. The van der Waals surface area contributed by atoms with Crippen LogP contribution in [0, 0.1) is 0 Å². The highest BCUT2D eigenvalue weighted by Gasteiger charge is 2.16. The van der Waals surface area contributed by atoms with Crippen molar-refractivity contribution in [3.8, 4) is 22.9 Å². The van der Waals surface area contributed by atoms with E-state index in [0.717, 1.165) is 28.6 Å². The second kappa shape index (κ2) is 4.34. The van der Waals surface area contributed by atoms with E-state index in [4.69, 9.17) is 14.6 Å². The summed E-state index contributed by atoms with van der Waals surface area (Å²) >= 11 is 0. The van der Waals surface area contributed by atoms with Gasteiger partial charge in [-0.15, -0.1) is 0 Å². The van der Waals surface area contributed by atoms with Crippen LogP contribution < -0.4 is 9.47 Å². The lowest BCUT2D eigenvalue weighted by atomic mass is 10.2. The molecule has 0 bridgehead atoms. The Morgan fingerprint density at radius 2 is 2.17 bits per heavy atom. The Hall–Kier alpha value is -2.01. The summed E-state index contributed by atoms with van der Waals surface area (Å²) < 4.78 is 12.6. The predicted molar refractivity (Wildman–Crippen MR) is 65.6 cm³/mol. The van der Waals surface area contributed by atoms with Crippen molar-refractivity contribution in [1.29, 1.82) is 0 Å². The largest absolute Gasteiger partial charge is 0.454 e. The fraction of sp³-hybridized carbons (Fsp3) is 0.308. The van der Waals surface area contributed by atoms with Crippen LogP contribution in [0.3, 0.4) is 0 Å². The molecule has 0 saturated heterocycles. The zero-order valence-electron chi connectivity index (χ0n) is 10.1. The number of imidazole rings is 1. The number of rotatable bonds is 3. The van der Waals surface area contributed by atoms with Crippen molar-refractivity contribution >= 4 is 0 Å². The molecule has 5 heteroatoms. The van der Waals surface area contributed by atoms with Crippen LogP contribution in [0.1, 0.15) is 5.69 Å². The molecule has 3 rings (SSSR count). The summed E-state index contributed by atoms with van der Waals surface area (Å²) in [5.74, 6) is 2.37. The smallest absolute Gasteiger partial charge is 0.231 e. The summed E-state index contributed by atoms with van der Waals surface area (Å²) in [6.45, 7) is 0.398. The first-order valence-electron chi connectivity index (χ1n) is 5.81. The molecule has 1 aromatic heterocycles. The van der Waals surface area contributed by atoms with E-state index in [1.807, 2.05) is 29.8 Å². The summed E-state index contributed by atoms with van der Waals surface area (Å²) in [7, 11) is 1.94. The summed E-state index contributed by atoms with van der Waals surface area (Å²) in [4.78, 5) is 4.39. The Balaban J connectivity index is 1.99. The third-order valence-electron chi connectivity index (χ3n) is 3.08. The summed E-state index contributed by atoms with van der Waals surface area (Å²) in [5, 5.41) is 8.97. The first-order chi connectivity index (χ1) is 8.79. The zero-order valence-corrected chi connectivity index (χ0v) is 10.1. The molecule has 0 fully saturated rings. The number of fused-ring (bicyclic) bond motifs is 1. The second-order valence-electron chi connectivity index (χ2n) is 4.17. The second-order valence-corrected chi connectivity index (χ2v) is 4.17. The lowest BCUT2D eigenvalue weighted by Crippen LogP contribution is -2.00. The molecule has 2 heterocycles. The van der Waals surface area contributed by atoms with E-state index in [2.05, 4.69) is 4.98 Å². The number of hydrogen-bond acceptors (Lipinski definition) is 4. The minimum atomic E-state index is 0.125. The molecular weight excluding hydrogens is 232 g/mol. The zero-order chi connectivity index (χ0) is 12.5. The van der Waals surface area contributed by atoms with Crippen LogP contribution in [-0.2, 0) is 13.5 Å². The van der Waals surface area contributed by atoms with Crippen LogP contribution in [0.15, 0.2) is 24.4 Å². The Morgan fingerprint density at radius 3 is 3.00 bits per heavy atom.